The number of aromatic nitrogens is 2. The van der Waals surface area contributed by atoms with Gasteiger partial charge in [-0.15, -0.1) is 12.1 Å². The number of hydrogen-bond acceptors (Lipinski definition) is 5. The predicted octanol–water partition coefficient (Wildman–Crippen LogP) is 1.82. The minimum absolute atomic E-state index is 0. The van der Waals surface area contributed by atoms with E-state index < -0.39 is 10.5 Å². The third-order valence-corrected chi connectivity index (χ3v) is 2.99. The summed E-state index contributed by atoms with van der Waals surface area (Å²) in [6, 6.07) is 10.3. The van der Waals surface area contributed by atoms with Gasteiger partial charge in [0, 0.05) is 43.4 Å². The van der Waals surface area contributed by atoms with Crippen molar-refractivity contribution in [1.29, 1.82) is 0 Å². The Morgan fingerprint density at radius 2 is 2.29 bits per heavy atom. The van der Waals surface area contributed by atoms with Crippen LogP contribution in [0.1, 0.15) is 6.92 Å². The van der Waals surface area contributed by atoms with Gasteiger partial charge in [-0.2, -0.15) is 18.2 Å². The van der Waals surface area contributed by atoms with Crippen LogP contribution in [-0.4, -0.2) is 26.7 Å². The number of benzene rings is 1. The first-order valence-corrected chi connectivity index (χ1v) is 6.05. The first-order chi connectivity index (χ1) is 9.56. The molecule has 2 heterocycles. The molecule has 1 aromatic heterocycles. The average molecular weight is 363 g/mol. The summed E-state index contributed by atoms with van der Waals surface area (Å²) >= 11 is 0. The van der Waals surface area contributed by atoms with E-state index in [9.17, 15) is 10.1 Å². The van der Waals surface area contributed by atoms with Crippen LogP contribution in [0.4, 0.5) is 5.82 Å². The van der Waals surface area contributed by atoms with E-state index in [1.54, 1.807) is 16.7 Å². The van der Waals surface area contributed by atoms with E-state index in [2.05, 4.69) is 11.1 Å². The molecule has 8 heteroatoms. The van der Waals surface area contributed by atoms with E-state index in [0.717, 1.165) is 5.75 Å². The molecule has 1 aromatic carbocycles. The van der Waals surface area contributed by atoms with Gasteiger partial charge in [0.25, 0.3) is 0 Å². The van der Waals surface area contributed by atoms with Gasteiger partial charge in [-0.3, -0.25) is 4.57 Å². The van der Waals surface area contributed by atoms with Crippen molar-refractivity contribution in [3.05, 3.63) is 46.6 Å². The number of hydrogen-bond donors (Lipinski definition) is 0. The molecule has 107 valence electrons. The van der Waals surface area contributed by atoms with Crippen LogP contribution in [0.25, 0.3) is 0 Å². The second-order valence-corrected chi connectivity index (χ2v) is 4.84. The fourth-order valence-electron chi connectivity index (χ4n) is 2.06. The number of ether oxygens (including phenoxy) is 2. The van der Waals surface area contributed by atoms with Crippen molar-refractivity contribution in [3.63, 3.8) is 0 Å². The Bertz CT molecular complexity index is 621. The molecule has 1 atom stereocenters. The molecule has 1 aliphatic heterocycles. The Morgan fingerprint density at radius 3 is 2.90 bits per heavy atom. The number of nitro groups is 1. The molecule has 0 spiro atoms. The normalized spacial score (nSPS) is 19.3. The van der Waals surface area contributed by atoms with Gasteiger partial charge in [0.1, 0.15) is 12.8 Å². The molecule has 0 amide bonds. The van der Waals surface area contributed by atoms with Crippen LogP contribution in [0, 0.1) is 16.2 Å². The largest absolute Gasteiger partial charge is 0.515 e. The van der Waals surface area contributed by atoms with E-state index in [-0.39, 0.29) is 44.5 Å². The number of nitrogens with zero attached hydrogens (tertiary/aromatic N) is 3. The Hall–Kier alpha value is -1.47. The van der Waals surface area contributed by atoms with Gasteiger partial charge in [-0.05, 0) is 11.8 Å². The summed E-state index contributed by atoms with van der Waals surface area (Å²) in [6.07, 6.45) is 1.37. The average Bonchev–Trinajstić information content (AvgIpc) is 2.93. The molecular formula is C13H12N3O4Y-. The Labute approximate surface area is 146 Å². The van der Waals surface area contributed by atoms with Crippen LogP contribution in [0.15, 0.2) is 30.5 Å². The monoisotopic (exact) mass is 363 g/mol. The molecule has 7 nitrogen and oxygen atoms in total. The molecule has 0 aliphatic carbocycles. The van der Waals surface area contributed by atoms with Crippen molar-refractivity contribution in [2.45, 2.75) is 19.1 Å². The van der Waals surface area contributed by atoms with Crippen LogP contribution in [0.5, 0.6) is 11.8 Å². The Morgan fingerprint density at radius 1 is 1.57 bits per heavy atom. The summed E-state index contributed by atoms with van der Waals surface area (Å²) < 4.78 is 12.9. The maximum atomic E-state index is 10.6. The van der Waals surface area contributed by atoms with E-state index in [0.29, 0.717) is 13.2 Å². The van der Waals surface area contributed by atoms with Gasteiger partial charge in [-0.1, -0.05) is 0 Å². The molecule has 1 radical (unpaired) electrons. The number of fused-ring (bicyclic) bond motifs is 1. The van der Waals surface area contributed by atoms with Crippen LogP contribution >= 0.6 is 0 Å². The van der Waals surface area contributed by atoms with Crippen molar-refractivity contribution in [2.75, 3.05) is 6.61 Å². The third kappa shape index (κ3) is 3.41. The minimum atomic E-state index is -0.586. The molecule has 0 fully saturated rings. The first kappa shape index (κ1) is 15.9. The molecule has 3 rings (SSSR count). The smallest absolute Gasteiger partial charge is 0.415 e. The summed E-state index contributed by atoms with van der Waals surface area (Å²) in [7, 11) is 0. The second-order valence-electron chi connectivity index (χ2n) is 4.84. The molecule has 0 saturated heterocycles. The van der Waals surface area contributed by atoms with Crippen molar-refractivity contribution in [3.8, 4) is 11.8 Å². The van der Waals surface area contributed by atoms with Crippen molar-refractivity contribution < 1.29 is 47.1 Å². The van der Waals surface area contributed by atoms with Gasteiger partial charge >= 0.3 is 11.8 Å². The van der Waals surface area contributed by atoms with Gasteiger partial charge < -0.3 is 19.6 Å². The fraction of sp³-hybridized carbons (Fsp3) is 0.308. The molecule has 0 unspecified atom stereocenters. The summed E-state index contributed by atoms with van der Waals surface area (Å²) in [5.74, 6) is 0.519. The standard InChI is InChI=1S/C13H12N3O4.Y/c1-13(9-19-10-5-3-2-4-6-10)8-15-7-11(16(17)18)14-12(15)20-13;/h3-7H,8-9H2,1H3;/q-1;/t13-;/m1./s1. The van der Waals surface area contributed by atoms with Crippen molar-refractivity contribution in [2.24, 2.45) is 0 Å². The molecule has 2 aromatic rings. The summed E-state index contributed by atoms with van der Waals surface area (Å²) in [6.45, 7) is 2.67. The molecule has 1 aliphatic rings. The number of imidazole rings is 1. The van der Waals surface area contributed by atoms with E-state index in [1.165, 1.54) is 6.20 Å². The van der Waals surface area contributed by atoms with Crippen molar-refractivity contribution >= 4 is 5.82 Å². The predicted molar refractivity (Wildman–Crippen MR) is 68.7 cm³/mol. The summed E-state index contributed by atoms with van der Waals surface area (Å²) in [4.78, 5) is 13.9. The van der Waals surface area contributed by atoms with Crippen molar-refractivity contribution in [1.82, 2.24) is 9.55 Å². The maximum absolute atomic E-state index is 10.6. The van der Waals surface area contributed by atoms with Crippen LogP contribution in [-0.2, 0) is 39.3 Å². The second kappa shape index (κ2) is 6.11. The molecule has 0 bridgehead atoms. The zero-order chi connectivity index (χ0) is 14.2. The Balaban J connectivity index is 0.00000161. The maximum Gasteiger partial charge on any atom is 0.415 e. The SMILES string of the molecule is C[C@]1(COc2cc[c-]cc2)Cn2cc([N+](=O)[O-])nc2O1.[Y]. The van der Waals surface area contributed by atoms with Crippen LogP contribution < -0.4 is 9.47 Å². The zero-order valence-corrected chi connectivity index (χ0v) is 14.2. The zero-order valence-electron chi connectivity index (χ0n) is 11.4. The third-order valence-electron chi connectivity index (χ3n) is 2.99. The van der Waals surface area contributed by atoms with Gasteiger partial charge in [0.2, 0.25) is 0 Å². The minimum Gasteiger partial charge on any atom is -0.515 e. The van der Waals surface area contributed by atoms with E-state index in [4.69, 9.17) is 9.47 Å². The van der Waals surface area contributed by atoms with Crippen LogP contribution in [0.2, 0.25) is 0 Å². The van der Waals surface area contributed by atoms with Gasteiger partial charge in [0.15, 0.2) is 5.60 Å². The fourth-order valence-corrected chi connectivity index (χ4v) is 2.06. The van der Waals surface area contributed by atoms with E-state index >= 15 is 0 Å². The first-order valence-electron chi connectivity index (χ1n) is 6.05. The quantitative estimate of drug-likeness (QED) is 0.470. The van der Waals surface area contributed by atoms with E-state index in [1.807, 2.05) is 19.1 Å². The molecule has 0 N–H and O–H groups in total. The summed E-state index contributed by atoms with van der Waals surface area (Å²) in [5.41, 5.74) is -0.586. The molecule has 0 saturated carbocycles. The summed E-state index contributed by atoms with van der Waals surface area (Å²) in [5, 5.41) is 10.6. The molecule has 21 heavy (non-hydrogen) atoms. The van der Waals surface area contributed by atoms with Crippen LogP contribution in [0.3, 0.4) is 0 Å². The van der Waals surface area contributed by atoms with Gasteiger partial charge in [-0.25, -0.2) is 0 Å². The number of rotatable bonds is 4. The topological polar surface area (TPSA) is 79.4 Å². The van der Waals surface area contributed by atoms with Gasteiger partial charge in [0.05, 0.1) is 6.54 Å². The Kier molecular flexibility index (Phi) is 4.63. The molecular weight excluding hydrogens is 351 g/mol.